The van der Waals surface area contributed by atoms with Gasteiger partial charge in [-0.25, -0.2) is 9.97 Å². The van der Waals surface area contributed by atoms with Gasteiger partial charge in [-0.05, 0) is 153 Å². The minimum atomic E-state index is 0.182. The van der Waals surface area contributed by atoms with Crippen molar-refractivity contribution in [3.63, 3.8) is 0 Å². The summed E-state index contributed by atoms with van der Waals surface area (Å²) in [5, 5.41) is 20.1. The van der Waals surface area contributed by atoms with Gasteiger partial charge in [0.1, 0.15) is 23.1 Å². The zero-order chi connectivity index (χ0) is 49.5. The number of fused-ring (bicyclic) bond motifs is 2. The van der Waals surface area contributed by atoms with Gasteiger partial charge in [0.05, 0.1) is 56.7 Å². The van der Waals surface area contributed by atoms with Gasteiger partial charge in [0.2, 0.25) is 0 Å². The quantitative estimate of drug-likeness (QED) is 0.122. The van der Waals surface area contributed by atoms with E-state index in [0.717, 1.165) is 56.2 Å². The summed E-state index contributed by atoms with van der Waals surface area (Å²) in [6.45, 7) is 18.0. The van der Waals surface area contributed by atoms with Crippen LogP contribution in [0.5, 0.6) is 11.5 Å². The first-order valence-electron chi connectivity index (χ1n) is 24.6. The summed E-state index contributed by atoms with van der Waals surface area (Å²) in [5.74, 6) is 3.57. The minimum Gasteiger partial charge on any atom is -0.457 e. The lowest BCUT2D eigenvalue weighted by Crippen LogP contribution is -2.09. The number of imidazole rings is 2. The van der Waals surface area contributed by atoms with Crippen molar-refractivity contribution < 1.29 is 4.74 Å². The minimum absolute atomic E-state index is 0.182. The molecule has 0 N–H and O–H groups in total. The highest BCUT2D eigenvalue weighted by molar-refractivity contribution is 5.88. The number of nitriles is 2. The summed E-state index contributed by atoms with van der Waals surface area (Å²) in [6, 6.07) is 62.9. The Morgan fingerprint density at radius 3 is 1.24 bits per heavy atom. The first kappa shape index (κ1) is 46.2. The molecule has 348 valence electrons. The molecule has 0 saturated carbocycles. The molecule has 8 aromatic carbocycles. The number of rotatable bonds is 12. The molecule has 0 radical (unpaired) electrons. The summed E-state index contributed by atoms with van der Waals surface area (Å²) in [5.41, 5.74) is 17.9. The highest BCUT2D eigenvalue weighted by atomic mass is 16.5. The maximum atomic E-state index is 10.1. The van der Waals surface area contributed by atoms with Crippen LogP contribution < -0.4 is 4.74 Å². The lowest BCUT2D eigenvalue weighted by molar-refractivity contribution is 0.483. The average molecular weight is 925 g/mol. The number of ether oxygens (including phenoxy) is 1. The molecule has 0 saturated heterocycles. The van der Waals surface area contributed by atoms with Crippen molar-refractivity contribution in [2.45, 2.75) is 79.1 Å². The van der Waals surface area contributed by atoms with Crippen LogP contribution in [0.2, 0.25) is 0 Å². The molecule has 0 unspecified atom stereocenters. The van der Waals surface area contributed by atoms with E-state index in [1.165, 1.54) is 44.5 Å². The molecule has 0 fully saturated rings. The van der Waals surface area contributed by atoms with E-state index in [-0.39, 0.29) is 23.7 Å². The number of nitrogens with zero attached hydrogens (tertiary/aromatic N) is 6. The molecule has 10 aromatic rings. The van der Waals surface area contributed by atoms with Gasteiger partial charge >= 0.3 is 0 Å². The predicted molar refractivity (Wildman–Crippen MR) is 290 cm³/mol. The highest BCUT2D eigenvalue weighted by Crippen LogP contribution is 2.43. The fraction of sp³-hybridized carbons (Fsp3) is 0.188. The van der Waals surface area contributed by atoms with Crippen molar-refractivity contribution in [1.29, 1.82) is 10.5 Å². The second kappa shape index (κ2) is 19.1. The summed E-state index contributed by atoms with van der Waals surface area (Å²) in [4.78, 5) is 10.6. The number of hydrogen-bond acceptors (Lipinski definition) is 5. The van der Waals surface area contributed by atoms with Gasteiger partial charge in [0, 0.05) is 11.1 Å². The van der Waals surface area contributed by atoms with Gasteiger partial charge in [0.25, 0.3) is 0 Å². The van der Waals surface area contributed by atoms with E-state index in [0.29, 0.717) is 22.6 Å². The maximum absolute atomic E-state index is 10.1. The zero-order valence-corrected chi connectivity index (χ0v) is 41.6. The van der Waals surface area contributed by atoms with E-state index in [1.807, 2.05) is 60.7 Å². The molecule has 7 heteroatoms. The Hall–Kier alpha value is -8.52. The van der Waals surface area contributed by atoms with Crippen molar-refractivity contribution in [3.8, 4) is 80.0 Å². The Kier molecular flexibility index (Phi) is 12.4. The van der Waals surface area contributed by atoms with Crippen LogP contribution >= 0.6 is 0 Å². The predicted octanol–water partition coefficient (Wildman–Crippen LogP) is 17.1. The fourth-order valence-electron chi connectivity index (χ4n) is 9.90. The number of benzene rings is 8. The standard InChI is InChI=1S/C64H56N6O/c1-39(2)53-33-49(45-17-11-9-12-18-45)34-54(40(3)4)61(53)69-59-28-26-43(37-65)29-58(59)68-64(69)48-22-16-24-52(32-48)71-51-23-15-21-47(31-51)63-67-57-27-25-44(38-66)30-60(57)70(63)62-55(41(5)6)35-50(36-56(62)42(7)8)46-19-13-10-14-20-46/h9-36,39-42H,1-8H3. The zero-order valence-electron chi connectivity index (χ0n) is 41.6. The van der Waals surface area contributed by atoms with E-state index in [1.54, 1.807) is 0 Å². The molecule has 0 amide bonds. The molecule has 0 aliphatic rings. The van der Waals surface area contributed by atoms with Crippen LogP contribution in [-0.4, -0.2) is 19.1 Å². The van der Waals surface area contributed by atoms with Gasteiger partial charge in [-0.2, -0.15) is 10.5 Å². The van der Waals surface area contributed by atoms with Gasteiger partial charge in [-0.15, -0.1) is 0 Å². The van der Waals surface area contributed by atoms with E-state index in [4.69, 9.17) is 14.7 Å². The molecule has 0 aliphatic heterocycles. The summed E-state index contributed by atoms with van der Waals surface area (Å²) in [7, 11) is 0. The summed E-state index contributed by atoms with van der Waals surface area (Å²) < 4.78 is 11.4. The second-order valence-electron chi connectivity index (χ2n) is 19.7. The Balaban J connectivity index is 1.11. The van der Waals surface area contributed by atoms with Crippen molar-refractivity contribution in [3.05, 3.63) is 203 Å². The van der Waals surface area contributed by atoms with Gasteiger partial charge in [-0.1, -0.05) is 140 Å². The van der Waals surface area contributed by atoms with Crippen LogP contribution in [0.4, 0.5) is 0 Å². The van der Waals surface area contributed by atoms with E-state index in [2.05, 4.69) is 186 Å². The second-order valence-corrected chi connectivity index (χ2v) is 19.7. The first-order chi connectivity index (χ1) is 34.4. The lowest BCUT2D eigenvalue weighted by Gasteiger charge is -2.24. The number of aromatic nitrogens is 4. The SMILES string of the molecule is CC(C)c1cc(-c2ccccc2)cc(C(C)C)c1-n1c(-c2cccc(Oc3cccc(-c4nc5ccc(C#N)cc5n4-c4c(C(C)C)cc(-c5ccccc5)cc4C(C)C)c3)c2)nc2cc(C#N)ccc21. The van der Waals surface area contributed by atoms with Crippen molar-refractivity contribution in [1.82, 2.24) is 19.1 Å². The third kappa shape index (κ3) is 8.77. The Bertz CT molecular complexity index is 3610. The van der Waals surface area contributed by atoms with Crippen LogP contribution in [0.25, 0.3) is 78.5 Å². The van der Waals surface area contributed by atoms with E-state index in [9.17, 15) is 10.5 Å². The van der Waals surface area contributed by atoms with Crippen LogP contribution in [-0.2, 0) is 0 Å². The molecule has 0 bridgehead atoms. The number of hydrogen-bond donors (Lipinski definition) is 0. The fourth-order valence-corrected chi connectivity index (χ4v) is 9.90. The van der Waals surface area contributed by atoms with E-state index >= 15 is 0 Å². The molecule has 2 heterocycles. The largest absolute Gasteiger partial charge is 0.457 e. The van der Waals surface area contributed by atoms with Crippen molar-refractivity contribution in [2.75, 3.05) is 0 Å². The van der Waals surface area contributed by atoms with Crippen LogP contribution in [0.3, 0.4) is 0 Å². The topological polar surface area (TPSA) is 92.4 Å². The smallest absolute Gasteiger partial charge is 0.145 e. The Labute approximate surface area is 416 Å². The summed E-state index contributed by atoms with van der Waals surface area (Å²) in [6.07, 6.45) is 0. The Morgan fingerprint density at radius 2 is 0.789 bits per heavy atom. The molecule has 71 heavy (non-hydrogen) atoms. The molecule has 0 spiro atoms. The van der Waals surface area contributed by atoms with Crippen molar-refractivity contribution in [2.24, 2.45) is 0 Å². The van der Waals surface area contributed by atoms with Gasteiger partial charge in [-0.3, -0.25) is 9.13 Å². The lowest BCUT2D eigenvalue weighted by atomic mass is 9.88. The monoisotopic (exact) mass is 924 g/mol. The summed E-state index contributed by atoms with van der Waals surface area (Å²) >= 11 is 0. The first-order valence-corrected chi connectivity index (χ1v) is 24.6. The molecule has 0 atom stereocenters. The van der Waals surface area contributed by atoms with Crippen LogP contribution in [0.15, 0.2) is 170 Å². The molecule has 2 aromatic heterocycles. The van der Waals surface area contributed by atoms with Crippen molar-refractivity contribution >= 4 is 22.1 Å². The molecule has 7 nitrogen and oxygen atoms in total. The molecule has 0 aliphatic carbocycles. The van der Waals surface area contributed by atoms with Gasteiger partial charge in [0.15, 0.2) is 0 Å². The third-order valence-electron chi connectivity index (χ3n) is 13.5. The molecular weight excluding hydrogens is 869 g/mol. The van der Waals surface area contributed by atoms with E-state index < -0.39 is 0 Å². The Morgan fingerprint density at radius 1 is 0.380 bits per heavy atom. The third-order valence-corrected chi connectivity index (χ3v) is 13.5. The average Bonchev–Trinajstić information content (AvgIpc) is 3.96. The normalized spacial score (nSPS) is 11.6. The molecular formula is C64H56N6O. The van der Waals surface area contributed by atoms with Crippen LogP contribution in [0, 0.1) is 22.7 Å². The molecule has 10 rings (SSSR count). The highest BCUT2D eigenvalue weighted by Gasteiger charge is 2.26. The van der Waals surface area contributed by atoms with Crippen LogP contribution in [0.1, 0.15) is 112 Å². The maximum Gasteiger partial charge on any atom is 0.145 e. The van der Waals surface area contributed by atoms with Gasteiger partial charge < -0.3 is 4.74 Å².